The van der Waals surface area contributed by atoms with Gasteiger partial charge in [0.25, 0.3) is 0 Å². The summed E-state index contributed by atoms with van der Waals surface area (Å²) in [5.74, 6) is 2.25. The third kappa shape index (κ3) is 43.3. The number of rotatable bonds is 13. The summed E-state index contributed by atoms with van der Waals surface area (Å²) in [5, 5.41) is 20.0. The van der Waals surface area contributed by atoms with Crippen LogP contribution in [-0.4, -0.2) is 34.8 Å². The molecule has 104 heavy (non-hydrogen) atoms. The number of thioether (sulfide) groups is 3. The van der Waals surface area contributed by atoms with Crippen molar-refractivity contribution in [3.8, 4) is 12.3 Å². The summed E-state index contributed by atoms with van der Waals surface area (Å²) < 4.78 is 0. The second-order valence-electron chi connectivity index (χ2n) is 22.6. The molecule has 10 heteroatoms. The van der Waals surface area contributed by atoms with E-state index in [1.54, 1.807) is 42.2 Å². The molecular weight excluding hydrogens is 1480 g/mol. The van der Waals surface area contributed by atoms with Crippen LogP contribution >= 0.6 is 35.3 Å². The van der Waals surface area contributed by atoms with Crippen LogP contribution in [0.5, 0.6) is 0 Å². The van der Waals surface area contributed by atoms with E-state index in [0.717, 1.165) is 73.3 Å². The van der Waals surface area contributed by atoms with E-state index < -0.39 is 0 Å². The van der Waals surface area contributed by atoms with E-state index in [4.69, 9.17) is 15.6 Å². The van der Waals surface area contributed by atoms with Crippen LogP contribution in [0.25, 0.3) is 21.3 Å². The molecule has 0 fully saturated rings. The summed E-state index contributed by atoms with van der Waals surface area (Å²) >= 11 is 5.01. The average Bonchev–Trinajstić information content (AvgIpc) is 0.867. The van der Waals surface area contributed by atoms with Crippen molar-refractivity contribution in [3.05, 3.63) is 463 Å². The first kappa shape index (κ1) is 93.1. The van der Waals surface area contributed by atoms with Crippen molar-refractivity contribution in [1.82, 2.24) is 0 Å². The minimum atomic E-state index is -0.0952. The second-order valence-corrected chi connectivity index (χ2v) is 25.3. The van der Waals surface area contributed by atoms with E-state index in [1.165, 1.54) is 38.9 Å². The van der Waals surface area contributed by atoms with Crippen molar-refractivity contribution < 1.29 is 52.4 Å². The van der Waals surface area contributed by atoms with Crippen LogP contribution in [0.3, 0.4) is 0 Å². The predicted octanol–water partition coefficient (Wildman–Crippen LogP) is 28.1. The standard InChI is InChI=1S/C17H19NS.2C16H18N2S.6C7H7.C3H4.2Zr/c1-13-8-7-9-14(2)16(13)12-17(19-3)18-15-10-5-4-6-11-15;2*1-12-8-7-9-13(2)15(12)18-16(19-3)17-14-10-5-4-6-11-14;6*1-7-5-3-2-4-6-7;1-3-2;;/h4-11H,12H2,1-3H3;2*4-11,16H,1-3H3;6*2-6H,1H2;1H,2H3;;/q;2*-2;6*-1;;;+4. The quantitative estimate of drug-likeness (QED) is 0.0500. The Morgan fingerprint density at radius 1 is 0.337 bits per heavy atom. The van der Waals surface area contributed by atoms with E-state index in [0.29, 0.717) is 0 Å². The minimum absolute atomic E-state index is 0. The SMILES string of the molecule is C#CC.CSC(Cc1c(C)cccc1C)=Nc1ccccc1.CSC([N-]c1ccccc1)[N-]c1c(C)cccc1C.CSC([N-]c1ccccc1)[N-]c1c(C)cccc1C.[CH2-]c1ccccc1.[CH2-]c1ccccc1.[CH2-]c1ccccc1.[CH2-]c1ccccc1.[CH2-]c1ccccc1.[CH2-]c1ccccc1.[Zr+4].[Zr]. The van der Waals surface area contributed by atoms with Gasteiger partial charge >= 0.3 is 26.2 Å². The van der Waals surface area contributed by atoms with Gasteiger partial charge in [-0.1, -0.05) is 192 Å². The molecule has 2 atom stereocenters. The number of benzene rings is 12. The van der Waals surface area contributed by atoms with Crippen LogP contribution < -0.4 is 0 Å². The number of nitrogens with zero attached hydrogens (tertiary/aromatic N) is 5. The predicted molar refractivity (Wildman–Crippen MR) is 458 cm³/mol. The Bertz CT molecular complexity index is 3670. The van der Waals surface area contributed by atoms with Gasteiger partial charge in [0.05, 0.1) is 10.7 Å². The number of aliphatic imine (C=N–C) groups is 1. The Morgan fingerprint density at radius 3 is 0.750 bits per heavy atom. The largest absolute Gasteiger partial charge is 4.00 e. The molecule has 12 aromatic rings. The van der Waals surface area contributed by atoms with Crippen LogP contribution in [-0.2, 0) is 58.8 Å². The molecule has 0 bridgehead atoms. The first-order chi connectivity index (χ1) is 49.4. The fraction of sp³-hybridized carbons (Fsp3) is 0.138. The molecule has 0 saturated heterocycles. The molecule has 0 aliphatic rings. The van der Waals surface area contributed by atoms with Crippen LogP contribution in [0.15, 0.2) is 333 Å². The topological polar surface area (TPSA) is 68.8 Å². The Kier molecular flexibility index (Phi) is 52.4. The van der Waals surface area contributed by atoms with E-state index in [-0.39, 0.29) is 63.4 Å². The maximum Gasteiger partial charge on any atom is 4.00 e. The average molecular weight is 1580 g/mol. The molecule has 0 amide bonds. The van der Waals surface area contributed by atoms with Crippen molar-refractivity contribution in [2.24, 2.45) is 4.99 Å². The molecule has 0 spiro atoms. The van der Waals surface area contributed by atoms with Crippen molar-refractivity contribution >= 4 is 68.8 Å². The van der Waals surface area contributed by atoms with Gasteiger partial charge in [-0.05, 0) is 96.1 Å². The molecular formula is C94H101N5S3Zr2-6. The molecule has 12 aromatic carbocycles. The van der Waals surface area contributed by atoms with E-state index >= 15 is 0 Å². The zero-order valence-electron chi connectivity index (χ0n) is 62.3. The number of hydrogen-bond acceptors (Lipinski definition) is 4. The van der Waals surface area contributed by atoms with Gasteiger partial charge in [-0.3, -0.25) is 0 Å². The molecule has 12 rings (SSSR count). The van der Waals surface area contributed by atoms with Gasteiger partial charge in [-0.15, -0.1) is 120 Å². The maximum absolute atomic E-state index is 4.77. The van der Waals surface area contributed by atoms with Crippen molar-refractivity contribution in [1.29, 1.82) is 0 Å². The molecule has 0 radical (unpaired) electrons. The number of terminal acetylenes is 1. The maximum atomic E-state index is 4.77. The summed E-state index contributed by atoms with van der Waals surface area (Å²) in [7, 11) is 0. The number of aryl methyl sites for hydroxylation is 6. The first-order valence-corrected chi connectivity index (χ1v) is 37.1. The van der Waals surface area contributed by atoms with Gasteiger partial charge in [0, 0.05) is 32.6 Å². The van der Waals surface area contributed by atoms with Crippen LogP contribution in [0.4, 0.5) is 28.4 Å². The smallest absolute Gasteiger partial charge is 0.689 e. The van der Waals surface area contributed by atoms with E-state index in [9.17, 15) is 0 Å². The first-order valence-electron chi connectivity index (χ1n) is 33.3. The molecule has 0 heterocycles. The number of hydrogen-bond donors (Lipinski definition) is 0. The molecule has 534 valence electrons. The van der Waals surface area contributed by atoms with Gasteiger partial charge in [0.15, 0.2) is 0 Å². The summed E-state index contributed by atoms with van der Waals surface area (Å²) in [6.45, 7) is 36.7. The van der Waals surface area contributed by atoms with Crippen molar-refractivity contribution in [3.63, 3.8) is 0 Å². The summed E-state index contributed by atoms with van der Waals surface area (Å²) in [6, 6.07) is 108. The fourth-order valence-electron chi connectivity index (χ4n) is 8.74. The van der Waals surface area contributed by atoms with E-state index in [1.807, 2.05) is 285 Å². The molecule has 0 aliphatic heterocycles. The van der Waals surface area contributed by atoms with Gasteiger partial charge in [0.2, 0.25) is 0 Å². The zero-order chi connectivity index (χ0) is 74.4. The van der Waals surface area contributed by atoms with Gasteiger partial charge in [-0.2, -0.15) is 159 Å². The summed E-state index contributed by atoms with van der Waals surface area (Å²) in [6.07, 6.45) is 11.7. The third-order valence-electron chi connectivity index (χ3n) is 14.1. The van der Waals surface area contributed by atoms with E-state index in [2.05, 4.69) is 167 Å². The zero-order valence-corrected chi connectivity index (χ0v) is 69.7. The Labute approximate surface area is 679 Å². The minimum Gasteiger partial charge on any atom is -0.689 e. The fourth-order valence-corrected chi connectivity index (χ4v) is 10.1. The van der Waals surface area contributed by atoms with Gasteiger partial charge < -0.3 is 21.3 Å². The molecule has 2 unspecified atom stereocenters. The molecule has 0 N–H and O–H groups in total. The Hall–Kier alpha value is -8.89. The Balaban J connectivity index is 0.000000603. The summed E-state index contributed by atoms with van der Waals surface area (Å²) in [5.41, 5.74) is 20.2. The monoisotopic (exact) mass is 1580 g/mol. The summed E-state index contributed by atoms with van der Waals surface area (Å²) in [4.78, 5) is 4.73. The molecule has 0 saturated carbocycles. The number of para-hydroxylation sites is 5. The van der Waals surface area contributed by atoms with Crippen LogP contribution in [0.1, 0.15) is 79.2 Å². The second kappa shape index (κ2) is 58.5. The van der Waals surface area contributed by atoms with Gasteiger partial charge in [0.1, 0.15) is 0 Å². The normalized spacial score (nSPS) is 10.0. The van der Waals surface area contributed by atoms with Crippen LogP contribution in [0.2, 0.25) is 0 Å². The van der Waals surface area contributed by atoms with Crippen molar-refractivity contribution in [2.45, 2.75) is 65.9 Å². The molecule has 5 nitrogen and oxygen atoms in total. The van der Waals surface area contributed by atoms with Gasteiger partial charge in [-0.25, -0.2) is 28.5 Å². The van der Waals surface area contributed by atoms with Crippen molar-refractivity contribution in [2.75, 3.05) is 18.8 Å². The third-order valence-corrected chi connectivity index (χ3v) is 16.1. The molecule has 0 aliphatic carbocycles. The van der Waals surface area contributed by atoms with Crippen LogP contribution in [0, 0.1) is 95.4 Å². The molecule has 0 aromatic heterocycles. The Morgan fingerprint density at radius 2 is 0.548 bits per heavy atom.